The van der Waals surface area contributed by atoms with Crippen LogP contribution in [0, 0.1) is 10.1 Å². The van der Waals surface area contributed by atoms with Crippen molar-refractivity contribution in [1.82, 2.24) is 5.32 Å². The van der Waals surface area contributed by atoms with Crippen molar-refractivity contribution in [3.8, 4) is 0 Å². The van der Waals surface area contributed by atoms with Crippen LogP contribution >= 0.6 is 0 Å². The molecule has 0 saturated carbocycles. The van der Waals surface area contributed by atoms with Gasteiger partial charge in [0.2, 0.25) is 5.91 Å². The molecule has 0 bridgehead atoms. The Bertz CT molecular complexity index is 639. The van der Waals surface area contributed by atoms with Gasteiger partial charge in [-0.25, -0.2) is 4.79 Å². The molecule has 4 N–H and O–H groups in total. The molecule has 132 valence electrons. The van der Waals surface area contributed by atoms with E-state index in [-0.39, 0.29) is 17.7 Å². The minimum absolute atomic E-state index is 0.0337. The molecule has 0 aromatic heterocycles. The molecule has 0 aliphatic heterocycles. The number of rotatable bonds is 6. The van der Waals surface area contributed by atoms with Crippen LogP contribution in [0.4, 0.5) is 10.5 Å². The molecular weight excluding hydrogens is 318 g/mol. The maximum absolute atomic E-state index is 11.8. The van der Waals surface area contributed by atoms with Gasteiger partial charge in [-0.3, -0.25) is 14.9 Å². The zero-order valence-electron chi connectivity index (χ0n) is 13.7. The summed E-state index contributed by atoms with van der Waals surface area (Å²) in [6.07, 6.45) is -0.657. The number of ether oxygens (including phenoxy) is 1. The van der Waals surface area contributed by atoms with Crippen LogP contribution < -0.4 is 11.1 Å². The standard InChI is InChI=1S/C15H21N3O6/c1-15(2,3)24-14(21)17-10(8-19)6-9-4-5-11(18(22)23)7-12(9)13(16)20/h4-5,7,10,19H,6,8H2,1-3H3,(H2,16,20)(H,17,21)/t10-/m0/s1. The Kier molecular flexibility index (Phi) is 6.24. The third-order valence-corrected chi connectivity index (χ3v) is 2.98. The topological polar surface area (TPSA) is 145 Å². The van der Waals surface area contributed by atoms with Crippen molar-refractivity contribution in [2.45, 2.75) is 38.8 Å². The number of aliphatic hydroxyl groups excluding tert-OH is 1. The van der Waals surface area contributed by atoms with E-state index in [9.17, 15) is 24.8 Å². The van der Waals surface area contributed by atoms with Gasteiger partial charge in [0.15, 0.2) is 0 Å². The van der Waals surface area contributed by atoms with E-state index in [1.54, 1.807) is 20.8 Å². The Morgan fingerprint density at radius 1 is 1.42 bits per heavy atom. The van der Waals surface area contributed by atoms with Crippen LogP contribution in [0.2, 0.25) is 0 Å². The lowest BCUT2D eigenvalue weighted by Crippen LogP contribution is -2.42. The van der Waals surface area contributed by atoms with E-state index < -0.39 is 35.2 Å². The number of benzene rings is 1. The van der Waals surface area contributed by atoms with Gasteiger partial charge < -0.3 is 20.9 Å². The normalized spacial score (nSPS) is 12.3. The van der Waals surface area contributed by atoms with Crippen molar-refractivity contribution < 1.29 is 24.4 Å². The molecule has 0 saturated heterocycles. The van der Waals surface area contributed by atoms with E-state index >= 15 is 0 Å². The summed E-state index contributed by atoms with van der Waals surface area (Å²) < 4.78 is 5.09. The smallest absolute Gasteiger partial charge is 0.407 e. The number of alkyl carbamates (subject to hydrolysis) is 1. The Morgan fingerprint density at radius 2 is 2.04 bits per heavy atom. The zero-order chi connectivity index (χ0) is 18.5. The van der Waals surface area contributed by atoms with Crippen LogP contribution in [0.25, 0.3) is 0 Å². The van der Waals surface area contributed by atoms with Crippen LogP contribution in [-0.4, -0.2) is 40.3 Å². The summed E-state index contributed by atoms with van der Waals surface area (Å²) in [7, 11) is 0. The number of nitrogens with zero attached hydrogens (tertiary/aromatic N) is 1. The summed E-state index contributed by atoms with van der Waals surface area (Å²) >= 11 is 0. The highest BCUT2D eigenvalue weighted by atomic mass is 16.6. The van der Waals surface area contributed by atoms with Crippen LogP contribution in [0.1, 0.15) is 36.7 Å². The molecule has 24 heavy (non-hydrogen) atoms. The predicted molar refractivity (Wildman–Crippen MR) is 85.6 cm³/mol. The third kappa shape index (κ3) is 5.84. The van der Waals surface area contributed by atoms with Gasteiger partial charge in [0.25, 0.3) is 5.69 Å². The Labute approximate surface area is 138 Å². The van der Waals surface area contributed by atoms with Gasteiger partial charge in [0.1, 0.15) is 5.60 Å². The fourth-order valence-electron chi connectivity index (χ4n) is 1.99. The molecule has 2 amide bonds. The second kappa shape index (κ2) is 7.73. The Balaban J connectivity index is 2.94. The summed E-state index contributed by atoms with van der Waals surface area (Å²) in [5, 5.41) is 22.7. The van der Waals surface area contributed by atoms with Gasteiger partial charge in [0.05, 0.1) is 17.6 Å². The number of amides is 2. The SMILES string of the molecule is CC(C)(C)OC(=O)N[C@H](CO)Cc1ccc([N+](=O)[O-])cc1C(N)=O. The zero-order valence-corrected chi connectivity index (χ0v) is 13.7. The molecule has 0 aliphatic carbocycles. The number of nitrogens with two attached hydrogens (primary N) is 1. The minimum Gasteiger partial charge on any atom is -0.444 e. The van der Waals surface area contributed by atoms with Crippen LogP contribution in [0.5, 0.6) is 0 Å². The maximum atomic E-state index is 11.8. The first-order valence-electron chi connectivity index (χ1n) is 7.21. The molecular formula is C15H21N3O6. The van der Waals surface area contributed by atoms with E-state index in [1.807, 2.05) is 0 Å². The number of primary amides is 1. The highest BCUT2D eigenvalue weighted by Crippen LogP contribution is 2.19. The number of carbonyl (C=O) groups is 2. The summed E-state index contributed by atoms with van der Waals surface area (Å²) in [5.74, 6) is -0.831. The first kappa shape index (κ1) is 19.4. The lowest BCUT2D eigenvalue weighted by molar-refractivity contribution is -0.384. The summed E-state index contributed by atoms with van der Waals surface area (Å²) in [6, 6.07) is 2.93. The molecule has 1 aromatic carbocycles. The second-order valence-corrected chi connectivity index (χ2v) is 6.19. The minimum atomic E-state index is -0.831. The van der Waals surface area contributed by atoms with Gasteiger partial charge in [0, 0.05) is 17.7 Å². The first-order valence-corrected chi connectivity index (χ1v) is 7.21. The lowest BCUT2D eigenvalue weighted by Gasteiger charge is -2.23. The molecule has 1 rings (SSSR count). The number of hydrogen-bond donors (Lipinski definition) is 3. The molecule has 0 spiro atoms. The van der Waals surface area contributed by atoms with E-state index in [0.29, 0.717) is 5.56 Å². The molecule has 9 heteroatoms. The maximum Gasteiger partial charge on any atom is 0.407 e. The largest absolute Gasteiger partial charge is 0.444 e. The molecule has 0 radical (unpaired) electrons. The summed E-state index contributed by atoms with van der Waals surface area (Å²) in [5.41, 5.74) is 4.62. The van der Waals surface area contributed by atoms with Crippen LogP contribution in [0.3, 0.4) is 0 Å². The first-order chi connectivity index (χ1) is 11.0. The molecule has 9 nitrogen and oxygen atoms in total. The summed E-state index contributed by atoms with van der Waals surface area (Å²) in [6.45, 7) is 4.68. The fraction of sp³-hybridized carbons (Fsp3) is 0.467. The Hall–Kier alpha value is -2.68. The van der Waals surface area contributed by atoms with Gasteiger partial charge >= 0.3 is 6.09 Å². The van der Waals surface area contributed by atoms with Crippen molar-refractivity contribution in [3.05, 3.63) is 39.4 Å². The molecule has 0 unspecified atom stereocenters. The Morgan fingerprint density at radius 3 is 2.50 bits per heavy atom. The second-order valence-electron chi connectivity index (χ2n) is 6.19. The average molecular weight is 339 g/mol. The van der Waals surface area contributed by atoms with Crippen molar-refractivity contribution in [1.29, 1.82) is 0 Å². The van der Waals surface area contributed by atoms with E-state index in [2.05, 4.69) is 5.32 Å². The number of nitro groups is 1. The van der Waals surface area contributed by atoms with Gasteiger partial charge in [-0.05, 0) is 32.8 Å². The van der Waals surface area contributed by atoms with E-state index in [1.165, 1.54) is 12.1 Å². The van der Waals surface area contributed by atoms with E-state index in [0.717, 1.165) is 6.07 Å². The lowest BCUT2D eigenvalue weighted by atomic mass is 9.99. The monoisotopic (exact) mass is 339 g/mol. The fourth-order valence-corrected chi connectivity index (χ4v) is 1.99. The number of nitrogens with one attached hydrogen (secondary N) is 1. The van der Waals surface area contributed by atoms with Crippen LogP contribution in [-0.2, 0) is 11.2 Å². The number of carbonyl (C=O) groups excluding carboxylic acids is 2. The molecule has 0 aliphatic rings. The third-order valence-electron chi connectivity index (χ3n) is 2.98. The van der Waals surface area contributed by atoms with Crippen molar-refractivity contribution in [2.24, 2.45) is 5.73 Å². The highest BCUT2D eigenvalue weighted by Gasteiger charge is 2.22. The number of hydrogen-bond acceptors (Lipinski definition) is 6. The highest BCUT2D eigenvalue weighted by molar-refractivity contribution is 5.95. The van der Waals surface area contributed by atoms with E-state index in [4.69, 9.17) is 10.5 Å². The predicted octanol–water partition coefficient (Wildman–Crippen LogP) is 1.12. The van der Waals surface area contributed by atoms with Gasteiger partial charge in [-0.1, -0.05) is 6.07 Å². The summed E-state index contributed by atoms with van der Waals surface area (Å²) in [4.78, 5) is 33.4. The number of non-ortho nitro benzene ring substituents is 1. The van der Waals surface area contributed by atoms with Crippen molar-refractivity contribution in [2.75, 3.05) is 6.61 Å². The van der Waals surface area contributed by atoms with Crippen LogP contribution in [0.15, 0.2) is 18.2 Å². The van der Waals surface area contributed by atoms with Crippen molar-refractivity contribution in [3.63, 3.8) is 0 Å². The average Bonchev–Trinajstić information content (AvgIpc) is 2.44. The van der Waals surface area contributed by atoms with Gasteiger partial charge in [-0.15, -0.1) is 0 Å². The number of nitro benzene ring substituents is 1. The molecule has 0 heterocycles. The molecule has 0 fully saturated rings. The number of aliphatic hydroxyl groups is 1. The van der Waals surface area contributed by atoms with Crippen molar-refractivity contribution >= 4 is 17.7 Å². The van der Waals surface area contributed by atoms with Gasteiger partial charge in [-0.2, -0.15) is 0 Å². The molecule has 1 atom stereocenters. The quantitative estimate of drug-likeness (QED) is 0.523. The molecule has 1 aromatic rings.